The highest BCUT2D eigenvalue weighted by atomic mass is 31.2. The Morgan fingerprint density at radius 1 is 0.569 bits per heavy atom. The Labute approximate surface area is 433 Å². The van der Waals surface area contributed by atoms with Crippen LogP contribution >= 0.6 is 7.60 Å². The van der Waals surface area contributed by atoms with Crippen molar-refractivity contribution in [2.75, 3.05) is 54.1 Å². The minimum atomic E-state index is -3.18. The molecule has 2 aromatic heterocycles. The Morgan fingerprint density at radius 3 is 1.39 bits per heavy atom. The standard InChI is InChI=1S/C26H42NO6P.C21H31NO3.C11H22O2/c1-7-31-34(28,32-8-2)19-30-16-15-27-14-13-20-17-22(10-11-23(20)27)33-24-12-9-21(26(3,4)5)18-25(24)29-6;1-21(2,3)16-5-8-19(20(14-16)24-4)25-17-6-7-18-15(13-17)9-10-22(18)11-12-23;1-11(2,3)8-5-6-9(12)10(7-8)13-4/h10-11,13-14,17,21,24-25H,7-9,12,15-16,18-19H2,1-6H3;6-7,9-10,13,16,19-20,23H,5,8,11-12,14H2,1-4H3;8-10,12H,5-7H2,1-4H3/t21?,24-,25-;16?,19-,20-;8?,9-,10-/m111/s1. The number of aliphatic hydroxyl groups is 2. The van der Waals surface area contributed by atoms with Gasteiger partial charge in [-0.2, -0.15) is 0 Å². The Bertz CT molecular complexity index is 2250. The van der Waals surface area contributed by atoms with Crippen LogP contribution in [0.15, 0.2) is 60.9 Å². The smallest absolute Gasteiger partial charge is 0.356 e. The maximum atomic E-state index is 12.5. The van der Waals surface area contributed by atoms with Crippen LogP contribution < -0.4 is 9.47 Å². The van der Waals surface area contributed by atoms with Gasteiger partial charge >= 0.3 is 7.60 Å². The van der Waals surface area contributed by atoms with E-state index in [9.17, 15) is 9.67 Å². The van der Waals surface area contributed by atoms with Gasteiger partial charge in [0.15, 0.2) is 0 Å². The highest BCUT2D eigenvalue weighted by Crippen LogP contribution is 2.48. The lowest BCUT2D eigenvalue weighted by Crippen LogP contribution is -2.42. The molecule has 3 aliphatic carbocycles. The van der Waals surface area contributed by atoms with Gasteiger partial charge < -0.3 is 56.8 Å². The molecule has 72 heavy (non-hydrogen) atoms. The van der Waals surface area contributed by atoms with Crippen LogP contribution in [0.5, 0.6) is 11.5 Å². The van der Waals surface area contributed by atoms with Crippen molar-refractivity contribution >= 4 is 29.4 Å². The number of aliphatic hydroxyl groups excluding tert-OH is 2. The van der Waals surface area contributed by atoms with Crippen LogP contribution in [0.2, 0.25) is 0 Å². The molecule has 0 aliphatic heterocycles. The Kier molecular flexibility index (Phi) is 22.6. The first-order chi connectivity index (χ1) is 34.1. The monoisotopic (exact) mass is 1030 g/mol. The summed E-state index contributed by atoms with van der Waals surface area (Å²) in [5, 5.41) is 21.0. The Balaban J connectivity index is 0.000000221. The van der Waals surface area contributed by atoms with Crippen molar-refractivity contribution in [3.05, 3.63) is 60.9 Å². The summed E-state index contributed by atoms with van der Waals surface area (Å²) in [6.45, 7) is 26.7. The van der Waals surface area contributed by atoms with Crippen LogP contribution in [-0.4, -0.2) is 110 Å². The summed E-state index contributed by atoms with van der Waals surface area (Å²) in [6.07, 6.45) is 13.7. The SMILES string of the molecule is CCOP(=O)(COCCn1ccc2cc(O[C@@H]3CCC(C(C)(C)C)C[C@H]3OC)ccc21)OCC.CO[C@@H]1CC(C(C)(C)C)CC[C@H]1O.CO[C@@H]1CC(C(C)(C)C)CC[C@H]1Oc1ccc2c(ccn2CCO)c1. The van der Waals surface area contributed by atoms with E-state index in [4.69, 9.17) is 42.6 Å². The van der Waals surface area contributed by atoms with Gasteiger partial charge in [0.1, 0.15) is 30.1 Å². The summed E-state index contributed by atoms with van der Waals surface area (Å²) in [5.41, 5.74) is 3.18. The van der Waals surface area contributed by atoms with Crippen molar-refractivity contribution < 1.29 is 52.2 Å². The molecule has 3 saturated carbocycles. The lowest BCUT2D eigenvalue weighted by molar-refractivity contribution is -0.0651. The molecule has 9 atom stereocenters. The van der Waals surface area contributed by atoms with Crippen LogP contribution in [0.25, 0.3) is 21.8 Å². The second-order valence-electron chi connectivity index (χ2n) is 23.5. The zero-order valence-corrected chi connectivity index (χ0v) is 47.6. The Hall–Kier alpha value is -2.97. The molecule has 2 aromatic carbocycles. The van der Waals surface area contributed by atoms with Crippen molar-refractivity contribution in [3.8, 4) is 11.5 Å². The van der Waals surface area contributed by atoms with E-state index in [2.05, 4.69) is 108 Å². The number of fused-ring (bicyclic) bond motifs is 2. The summed E-state index contributed by atoms with van der Waals surface area (Å²) in [4.78, 5) is 0. The maximum Gasteiger partial charge on any atom is 0.356 e. The molecule has 7 rings (SSSR count). The molecule has 3 aliphatic rings. The molecule has 0 bridgehead atoms. The second-order valence-corrected chi connectivity index (χ2v) is 25.5. The molecular weight excluding hydrogens is 932 g/mol. The number of benzene rings is 2. The van der Waals surface area contributed by atoms with E-state index in [1.807, 2.05) is 24.5 Å². The molecule has 0 radical (unpaired) electrons. The third-order valence-corrected chi connectivity index (χ3v) is 17.4. The van der Waals surface area contributed by atoms with E-state index >= 15 is 0 Å². The number of nitrogens with zero attached hydrogens (tertiary/aromatic N) is 2. The summed E-state index contributed by atoms with van der Waals surface area (Å²) in [6, 6.07) is 16.5. The summed E-state index contributed by atoms with van der Waals surface area (Å²) in [5.74, 6) is 3.77. The molecule has 3 unspecified atom stereocenters. The lowest BCUT2D eigenvalue weighted by Gasteiger charge is -2.41. The van der Waals surface area contributed by atoms with Crippen molar-refractivity contribution in [2.45, 2.75) is 184 Å². The van der Waals surface area contributed by atoms with Gasteiger partial charge in [0.25, 0.3) is 0 Å². The molecule has 2 N–H and O–H groups in total. The first-order valence-electron chi connectivity index (χ1n) is 26.9. The summed E-state index contributed by atoms with van der Waals surface area (Å²) >= 11 is 0. The number of hydrogen-bond donors (Lipinski definition) is 2. The zero-order chi connectivity index (χ0) is 52.9. The van der Waals surface area contributed by atoms with Gasteiger partial charge in [-0.05, 0) is 154 Å². The summed E-state index contributed by atoms with van der Waals surface area (Å²) in [7, 11) is 2.10. The molecule has 3 fully saturated rings. The third kappa shape index (κ3) is 17.0. The number of ether oxygens (including phenoxy) is 6. The molecule has 13 nitrogen and oxygen atoms in total. The molecule has 0 amide bonds. The van der Waals surface area contributed by atoms with Gasteiger partial charge in [0.05, 0.1) is 50.8 Å². The topological polar surface area (TPSA) is 141 Å². The predicted octanol–water partition coefficient (Wildman–Crippen LogP) is 12.9. The first kappa shape index (κ1) is 59.9. The summed E-state index contributed by atoms with van der Waals surface area (Å²) < 4.78 is 62.4. The van der Waals surface area contributed by atoms with E-state index in [1.165, 1.54) is 6.42 Å². The van der Waals surface area contributed by atoms with Gasteiger partial charge in [0, 0.05) is 68.6 Å². The van der Waals surface area contributed by atoms with Crippen LogP contribution in [0.1, 0.15) is 134 Å². The van der Waals surface area contributed by atoms with Gasteiger partial charge in [0.2, 0.25) is 0 Å². The lowest BCUT2D eigenvalue weighted by atomic mass is 9.71. The van der Waals surface area contributed by atoms with Crippen LogP contribution in [-0.2, 0) is 45.6 Å². The minimum Gasteiger partial charge on any atom is -0.488 e. The van der Waals surface area contributed by atoms with Gasteiger partial charge in [-0.15, -0.1) is 0 Å². The first-order valence-corrected chi connectivity index (χ1v) is 28.6. The predicted molar refractivity (Wildman–Crippen MR) is 290 cm³/mol. The van der Waals surface area contributed by atoms with Crippen molar-refractivity contribution in [2.24, 2.45) is 34.0 Å². The molecule has 14 heteroatoms. The van der Waals surface area contributed by atoms with E-state index in [0.29, 0.717) is 61.5 Å². The largest absolute Gasteiger partial charge is 0.488 e. The third-order valence-electron chi connectivity index (χ3n) is 15.6. The molecule has 0 spiro atoms. The van der Waals surface area contributed by atoms with Crippen LogP contribution in [0.3, 0.4) is 0 Å². The fourth-order valence-corrected chi connectivity index (χ4v) is 12.3. The van der Waals surface area contributed by atoms with Crippen LogP contribution in [0.4, 0.5) is 0 Å². The highest BCUT2D eigenvalue weighted by molar-refractivity contribution is 7.53. The molecule has 408 valence electrons. The van der Waals surface area contributed by atoms with E-state index < -0.39 is 7.60 Å². The van der Waals surface area contributed by atoms with E-state index in [0.717, 1.165) is 84.7 Å². The molecule has 0 saturated heterocycles. The van der Waals surface area contributed by atoms with Gasteiger partial charge in [-0.25, -0.2) is 0 Å². The maximum absolute atomic E-state index is 12.5. The molecule has 2 heterocycles. The quantitative estimate of drug-likeness (QED) is 0.0727. The Morgan fingerprint density at radius 2 is 0.986 bits per heavy atom. The van der Waals surface area contributed by atoms with Gasteiger partial charge in [-0.1, -0.05) is 62.3 Å². The zero-order valence-electron chi connectivity index (χ0n) is 46.7. The number of methoxy groups -OCH3 is 3. The normalized spacial score (nSPS) is 25.4. The number of hydrogen-bond acceptors (Lipinski definition) is 11. The molecular formula is C58H95N2O11P. The van der Waals surface area contributed by atoms with Crippen molar-refractivity contribution in [3.63, 3.8) is 0 Å². The van der Waals surface area contributed by atoms with Crippen molar-refractivity contribution in [1.29, 1.82) is 0 Å². The van der Waals surface area contributed by atoms with E-state index in [1.54, 1.807) is 35.2 Å². The van der Waals surface area contributed by atoms with Crippen molar-refractivity contribution in [1.82, 2.24) is 9.13 Å². The average molecular weight is 1030 g/mol. The molecule has 4 aromatic rings. The highest BCUT2D eigenvalue weighted by Gasteiger charge is 2.39. The van der Waals surface area contributed by atoms with E-state index in [-0.39, 0.29) is 55.0 Å². The number of rotatable bonds is 18. The average Bonchev–Trinajstić information content (AvgIpc) is 3.93. The second kappa shape index (κ2) is 27.2. The van der Waals surface area contributed by atoms with Crippen LogP contribution in [0, 0.1) is 34.0 Å². The number of aromatic nitrogens is 2. The minimum absolute atomic E-state index is 0.0377. The fraction of sp³-hybridized carbons (Fsp3) is 0.724. The fourth-order valence-electron chi connectivity index (χ4n) is 10.9. The van der Waals surface area contributed by atoms with Gasteiger partial charge in [-0.3, -0.25) is 4.57 Å².